The van der Waals surface area contributed by atoms with Crippen LogP contribution in [0.4, 0.5) is 5.69 Å². The summed E-state index contributed by atoms with van der Waals surface area (Å²) in [5, 5.41) is 5.61. The highest BCUT2D eigenvalue weighted by Gasteiger charge is 2.20. The fourth-order valence-corrected chi connectivity index (χ4v) is 6.23. The summed E-state index contributed by atoms with van der Waals surface area (Å²) in [4.78, 5) is 40.5. The van der Waals surface area contributed by atoms with Crippen molar-refractivity contribution in [2.24, 2.45) is 0 Å². The molecule has 1 aliphatic carbocycles. The van der Waals surface area contributed by atoms with E-state index in [0.717, 1.165) is 11.3 Å². The maximum Gasteiger partial charge on any atom is 0.272 e. The quantitative estimate of drug-likeness (QED) is 0.0858. The number of hydrogen-bond donors (Lipinski definition) is 2. The number of carbonyl (C=O) groups excluding carboxylic acids is 3. The highest BCUT2D eigenvalue weighted by atomic mass is 32.2. The lowest BCUT2D eigenvalue weighted by molar-refractivity contribution is -0.113. The van der Waals surface area contributed by atoms with Gasteiger partial charge < -0.3 is 20.1 Å². The lowest BCUT2D eigenvalue weighted by Gasteiger charge is -2.13. The third-order valence-corrected chi connectivity index (χ3v) is 8.88. The van der Waals surface area contributed by atoms with Gasteiger partial charge in [-0.15, -0.1) is 11.8 Å². The Labute approximate surface area is 277 Å². The van der Waals surface area contributed by atoms with Gasteiger partial charge in [0.1, 0.15) is 17.2 Å². The van der Waals surface area contributed by atoms with Crippen LogP contribution >= 0.6 is 11.8 Å². The molecule has 0 fully saturated rings. The van der Waals surface area contributed by atoms with E-state index in [4.69, 9.17) is 9.47 Å². The molecule has 2 amide bonds. The van der Waals surface area contributed by atoms with Crippen molar-refractivity contribution in [3.05, 3.63) is 149 Å². The van der Waals surface area contributed by atoms with Crippen molar-refractivity contribution in [3.63, 3.8) is 0 Å². The van der Waals surface area contributed by atoms with E-state index in [1.807, 2.05) is 48.5 Å². The first kappa shape index (κ1) is 31.4. The fraction of sp³-hybridized carbons (Fsp3) is 0.103. The van der Waals surface area contributed by atoms with Gasteiger partial charge in [-0.25, -0.2) is 0 Å². The average Bonchev–Trinajstić information content (AvgIpc) is 3.49. The van der Waals surface area contributed by atoms with Gasteiger partial charge in [-0.2, -0.15) is 0 Å². The minimum Gasteiger partial charge on any atom is -0.497 e. The first-order valence-electron chi connectivity index (χ1n) is 15.0. The predicted octanol–water partition coefficient (Wildman–Crippen LogP) is 7.66. The van der Waals surface area contributed by atoms with Crippen LogP contribution in [0.3, 0.4) is 0 Å². The van der Waals surface area contributed by atoms with Crippen molar-refractivity contribution in [2.75, 3.05) is 25.3 Å². The Morgan fingerprint density at radius 2 is 1.49 bits per heavy atom. The Hall–Kier alpha value is -5.60. The molecular formula is C39H32N2O5S. The van der Waals surface area contributed by atoms with E-state index in [2.05, 4.69) is 22.8 Å². The van der Waals surface area contributed by atoms with Crippen LogP contribution in [0.5, 0.6) is 11.5 Å². The van der Waals surface area contributed by atoms with Crippen LogP contribution in [0, 0.1) is 0 Å². The summed E-state index contributed by atoms with van der Waals surface area (Å²) in [7, 11) is 3.07. The Kier molecular flexibility index (Phi) is 9.50. The van der Waals surface area contributed by atoms with E-state index < -0.39 is 11.8 Å². The maximum absolute atomic E-state index is 13.5. The fourth-order valence-electron chi connectivity index (χ4n) is 5.43. The summed E-state index contributed by atoms with van der Waals surface area (Å²) in [6, 6.07) is 35.4. The zero-order valence-electron chi connectivity index (χ0n) is 25.9. The second-order valence-corrected chi connectivity index (χ2v) is 11.9. The largest absolute Gasteiger partial charge is 0.497 e. The minimum atomic E-state index is -0.520. The summed E-state index contributed by atoms with van der Waals surface area (Å²) in [5.74, 6) is 0.471. The van der Waals surface area contributed by atoms with Gasteiger partial charge in [0, 0.05) is 27.3 Å². The van der Waals surface area contributed by atoms with Crippen molar-refractivity contribution in [3.8, 4) is 22.6 Å². The molecule has 0 radical (unpaired) electrons. The third-order valence-electron chi connectivity index (χ3n) is 7.86. The minimum absolute atomic E-state index is 0.0203. The number of rotatable bonds is 11. The van der Waals surface area contributed by atoms with Crippen LogP contribution in [-0.2, 0) is 11.2 Å². The van der Waals surface area contributed by atoms with E-state index in [1.165, 1.54) is 41.1 Å². The molecule has 2 N–H and O–H groups in total. The van der Waals surface area contributed by atoms with Crippen LogP contribution in [0.25, 0.3) is 17.2 Å². The predicted molar refractivity (Wildman–Crippen MR) is 186 cm³/mol. The monoisotopic (exact) mass is 640 g/mol. The molecule has 6 rings (SSSR count). The number of methoxy groups -OCH3 is 2. The van der Waals surface area contributed by atoms with Crippen LogP contribution in [0.1, 0.15) is 37.4 Å². The number of benzene rings is 5. The van der Waals surface area contributed by atoms with Crippen molar-refractivity contribution in [1.29, 1.82) is 0 Å². The molecule has 0 aromatic heterocycles. The summed E-state index contributed by atoms with van der Waals surface area (Å²) in [6.45, 7) is 0. The first-order valence-corrected chi connectivity index (χ1v) is 16.0. The summed E-state index contributed by atoms with van der Waals surface area (Å²) >= 11 is 1.44. The maximum atomic E-state index is 13.5. The SMILES string of the molecule is COc1ccc(OC)c(/C=C(\NC(=O)c2ccccc2)C(=O)Nc2ccc(SCC(=O)c3ccc4c(c3)Cc3ccccc3-4)cc2)c1. The van der Waals surface area contributed by atoms with Crippen LogP contribution in [0.15, 0.2) is 126 Å². The average molecular weight is 641 g/mol. The molecule has 5 aromatic rings. The van der Waals surface area contributed by atoms with Gasteiger partial charge in [0.05, 0.1) is 20.0 Å². The van der Waals surface area contributed by atoms with Crippen LogP contribution in [-0.4, -0.2) is 37.6 Å². The summed E-state index contributed by atoms with van der Waals surface area (Å²) in [5.41, 5.74) is 7.12. The Balaban J connectivity index is 1.13. The van der Waals surface area contributed by atoms with Gasteiger partial charge >= 0.3 is 0 Å². The zero-order valence-corrected chi connectivity index (χ0v) is 26.7. The zero-order chi connectivity index (χ0) is 32.8. The lowest BCUT2D eigenvalue weighted by atomic mass is 10.0. The molecule has 0 saturated heterocycles. The topological polar surface area (TPSA) is 93.7 Å². The third kappa shape index (κ3) is 7.29. The number of Topliss-reactive ketones (excluding diaryl/α,β-unsaturated/α-hetero) is 1. The number of hydrogen-bond acceptors (Lipinski definition) is 6. The summed E-state index contributed by atoms with van der Waals surface area (Å²) < 4.78 is 10.8. The molecular weight excluding hydrogens is 609 g/mol. The molecule has 0 spiro atoms. The van der Waals surface area contributed by atoms with E-state index in [9.17, 15) is 14.4 Å². The summed E-state index contributed by atoms with van der Waals surface area (Å²) in [6.07, 6.45) is 2.39. The number of nitrogens with one attached hydrogen (secondary N) is 2. The molecule has 5 aromatic carbocycles. The number of ketones is 1. The highest BCUT2D eigenvalue weighted by Crippen LogP contribution is 2.37. The Morgan fingerprint density at radius 3 is 2.26 bits per heavy atom. The molecule has 0 bridgehead atoms. The second-order valence-electron chi connectivity index (χ2n) is 10.9. The molecule has 0 saturated carbocycles. The molecule has 0 aliphatic heterocycles. The Bertz CT molecular complexity index is 1990. The number of amides is 2. The molecule has 8 heteroatoms. The standard InChI is InChI=1S/C39H32N2O5S/c1-45-31-15-19-37(46-2)29(22-31)23-35(41-38(43)25-8-4-3-5-9-25)39(44)40-30-13-16-32(17-14-30)47-24-36(42)27-12-18-34-28(21-27)20-26-10-6-7-11-33(26)34/h3-19,21-23H,20,24H2,1-2H3,(H,40,44)(H,41,43)/b35-23-. The van der Waals surface area contributed by atoms with E-state index in [1.54, 1.807) is 67.8 Å². The molecule has 47 heavy (non-hydrogen) atoms. The molecule has 7 nitrogen and oxygen atoms in total. The lowest BCUT2D eigenvalue weighted by Crippen LogP contribution is -2.30. The van der Waals surface area contributed by atoms with Crippen molar-refractivity contribution >= 4 is 41.1 Å². The normalized spacial score (nSPS) is 11.7. The van der Waals surface area contributed by atoms with Crippen LogP contribution in [0.2, 0.25) is 0 Å². The first-order chi connectivity index (χ1) is 22.9. The van der Waals surface area contributed by atoms with E-state index >= 15 is 0 Å². The van der Waals surface area contributed by atoms with Crippen molar-refractivity contribution < 1.29 is 23.9 Å². The van der Waals surface area contributed by atoms with Gasteiger partial charge in [-0.3, -0.25) is 14.4 Å². The number of fused-ring (bicyclic) bond motifs is 3. The van der Waals surface area contributed by atoms with Crippen molar-refractivity contribution in [2.45, 2.75) is 11.3 Å². The van der Waals surface area contributed by atoms with Crippen LogP contribution < -0.4 is 20.1 Å². The van der Waals surface area contributed by atoms with E-state index in [0.29, 0.717) is 33.9 Å². The van der Waals surface area contributed by atoms with Gasteiger partial charge in [0.25, 0.3) is 11.8 Å². The van der Waals surface area contributed by atoms with E-state index in [-0.39, 0.29) is 17.2 Å². The Morgan fingerprint density at radius 1 is 0.745 bits per heavy atom. The van der Waals surface area contributed by atoms with Crippen molar-refractivity contribution in [1.82, 2.24) is 5.32 Å². The molecule has 0 unspecified atom stereocenters. The number of thioether (sulfide) groups is 1. The second kappa shape index (κ2) is 14.2. The molecule has 0 heterocycles. The smallest absolute Gasteiger partial charge is 0.272 e. The highest BCUT2D eigenvalue weighted by molar-refractivity contribution is 8.00. The molecule has 1 aliphatic rings. The molecule has 0 atom stereocenters. The number of ether oxygens (including phenoxy) is 2. The number of anilines is 1. The van der Waals surface area contributed by atoms with Gasteiger partial charge in [0.15, 0.2) is 5.78 Å². The van der Waals surface area contributed by atoms with Gasteiger partial charge in [-0.05, 0) is 95.4 Å². The van der Waals surface area contributed by atoms with Gasteiger partial charge in [0.2, 0.25) is 0 Å². The number of carbonyl (C=O) groups is 3. The molecule has 234 valence electrons. The van der Waals surface area contributed by atoms with Gasteiger partial charge in [-0.1, -0.05) is 54.6 Å².